The van der Waals surface area contributed by atoms with Gasteiger partial charge in [0.2, 0.25) is 0 Å². The Hall–Kier alpha value is -1.25. The normalized spacial score (nSPS) is 11.4. The molecule has 0 amide bonds. The van der Waals surface area contributed by atoms with Gasteiger partial charge in [-0.05, 0) is 23.6 Å². The van der Waals surface area contributed by atoms with Crippen LogP contribution in [0.15, 0.2) is 24.8 Å². The summed E-state index contributed by atoms with van der Waals surface area (Å²) in [5.41, 5.74) is 0.259. The Kier molecular flexibility index (Phi) is 2.99. The molecule has 0 atom stereocenters. The Morgan fingerprint density at radius 2 is 2.00 bits per heavy atom. The summed E-state index contributed by atoms with van der Waals surface area (Å²) >= 11 is 0. The SMILES string of the molecule is C=Cc1ccc(CC)c(C(F)(F)F)c1. The molecule has 0 radical (unpaired) electrons. The number of benzene rings is 1. The van der Waals surface area contributed by atoms with E-state index in [2.05, 4.69) is 6.58 Å². The number of hydrogen-bond donors (Lipinski definition) is 0. The summed E-state index contributed by atoms with van der Waals surface area (Å²) in [5.74, 6) is 0. The van der Waals surface area contributed by atoms with Gasteiger partial charge in [-0.3, -0.25) is 0 Å². The molecule has 0 aliphatic rings. The molecule has 0 saturated heterocycles. The fourth-order valence-electron chi connectivity index (χ4n) is 1.29. The Labute approximate surface area is 81.1 Å². The topological polar surface area (TPSA) is 0 Å². The second kappa shape index (κ2) is 3.86. The minimum absolute atomic E-state index is 0.322. The summed E-state index contributed by atoms with van der Waals surface area (Å²) < 4.78 is 37.6. The summed E-state index contributed by atoms with van der Waals surface area (Å²) in [6.45, 7) is 5.15. The maximum Gasteiger partial charge on any atom is 0.416 e. The third-order valence-corrected chi connectivity index (χ3v) is 2.06. The Bertz CT molecular complexity index is 337. The van der Waals surface area contributed by atoms with Crippen molar-refractivity contribution in [1.82, 2.24) is 0 Å². The fraction of sp³-hybridized carbons (Fsp3) is 0.273. The Morgan fingerprint density at radius 1 is 1.36 bits per heavy atom. The van der Waals surface area contributed by atoms with E-state index in [0.29, 0.717) is 17.5 Å². The third kappa shape index (κ3) is 2.16. The first-order chi connectivity index (χ1) is 6.49. The van der Waals surface area contributed by atoms with E-state index in [1.807, 2.05) is 0 Å². The summed E-state index contributed by atoms with van der Waals surface area (Å²) in [4.78, 5) is 0. The van der Waals surface area contributed by atoms with Crippen LogP contribution in [0.3, 0.4) is 0 Å². The zero-order valence-corrected chi connectivity index (χ0v) is 7.86. The minimum atomic E-state index is -4.27. The lowest BCUT2D eigenvalue weighted by molar-refractivity contribution is -0.138. The van der Waals surface area contributed by atoms with E-state index < -0.39 is 11.7 Å². The third-order valence-electron chi connectivity index (χ3n) is 2.06. The van der Waals surface area contributed by atoms with Gasteiger partial charge in [0.25, 0.3) is 0 Å². The van der Waals surface area contributed by atoms with Gasteiger partial charge in [-0.1, -0.05) is 31.7 Å². The molecule has 3 heteroatoms. The van der Waals surface area contributed by atoms with E-state index in [-0.39, 0.29) is 0 Å². The molecule has 1 aromatic carbocycles. The molecule has 0 aliphatic carbocycles. The van der Waals surface area contributed by atoms with Gasteiger partial charge in [0.1, 0.15) is 0 Å². The molecular formula is C11H11F3. The van der Waals surface area contributed by atoms with E-state index in [4.69, 9.17) is 0 Å². The van der Waals surface area contributed by atoms with Crippen molar-refractivity contribution in [2.24, 2.45) is 0 Å². The quantitative estimate of drug-likeness (QED) is 0.678. The van der Waals surface area contributed by atoms with Crippen molar-refractivity contribution in [2.45, 2.75) is 19.5 Å². The fourth-order valence-corrected chi connectivity index (χ4v) is 1.29. The predicted octanol–water partition coefficient (Wildman–Crippen LogP) is 3.91. The Morgan fingerprint density at radius 3 is 2.43 bits per heavy atom. The first kappa shape index (κ1) is 10.8. The lowest BCUT2D eigenvalue weighted by atomic mass is 10.0. The zero-order chi connectivity index (χ0) is 10.8. The van der Waals surface area contributed by atoms with E-state index >= 15 is 0 Å². The highest BCUT2D eigenvalue weighted by Crippen LogP contribution is 2.33. The largest absolute Gasteiger partial charge is 0.416 e. The van der Waals surface area contributed by atoms with E-state index in [1.54, 1.807) is 13.0 Å². The van der Waals surface area contributed by atoms with E-state index in [0.717, 1.165) is 6.07 Å². The number of halogens is 3. The molecule has 0 N–H and O–H groups in total. The van der Waals surface area contributed by atoms with Gasteiger partial charge >= 0.3 is 6.18 Å². The van der Waals surface area contributed by atoms with Crippen molar-refractivity contribution in [2.75, 3.05) is 0 Å². The predicted molar refractivity (Wildman–Crippen MR) is 50.9 cm³/mol. The summed E-state index contributed by atoms with van der Waals surface area (Å²) in [6.07, 6.45) is -2.48. The minimum Gasteiger partial charge on any atom is -0.166 e. The molecule has 14 heavy (non-hydrogen) atoms. The molecule has 0 aliphatic heterocycles. The van der Waals surface area contributed by atoms with Crippen LogP contribution in [0.5, 0.6) is 0 Å². The highest BCUT2D eigenvalue weighted by molar-refractivity contribution is 5.50. The molecule has 0 bridgehead atoms. The van der Waals surface area contributed by atoms with Crippen LogP contribution in [-0.2, 0) is 12.6 Å². The standard InChI is InChI=1S/C11H11F3/c1-3-8-5-6-9(4-2)10(7-8)11(12,13)14/h3,5-7H,1,4H2,2H3. The smallest absolute Gasteiger partial charge is 0.166 e. The van der Waals surface area contributed by atoms with Crippen LogP contribution in [0.1, 0.15) is 23.6 Å². The van der Waals surface area contributed by atoms with Crippen LogP contribution < -0.4 is 0 Å². The zero-order valence-electron chi connectivity index (χ0n) is 7.86. The van der Waals surface area contributed by atoms with Crippen LogP contribution in [0, 0.1) is 0 Å². The van der Waals surface area contributed by atoms with Crippen LogP contribution in [-0.4, -0.2) is 0 Å². The molecule has 1 aromatic rings. The first-order valence-corrected chi connectivity index (χ1v) is 4.31. The van der Waals surface area contributed by atoms with Crippen LogP contribution in [0.4, 0.5) is 13.2 Å². The maximum absolute atomic E-state index is 12.5. The van der Waals surface area contributed by atoms with Gasteiger partial charge in [0.15, 0.2) is 0 Å². The van der Waals surface area contributed by atoms with Crippen LogP contribution in [0.2, 0.25) is 0 Å². The molecule has 0 aromatic heterocycles. The second-order valence-electron chi connectivity index (χ2n) is 2.97. The summed E-state index contributed by atoms with van der Waals surface area (Å²) in [5, 5.41) is 0. The molecule has 76 valence electrons. The van der Waals surface area contributed by atoms with Crippen molar-refractivity contribution < 1.29 is 13.2 Å². The van der Waals surface area contributed by atoms with Crippen LogP contribution in [0.25, 0.3) is 6.08 Å². The molecule has 0 spiro atoms. The number of rotatable bonds is 2. The molecule has 0 fully saturated rings. The number of hydrogen-bond acceptors (Lipinski definition) is 0. The first-order valence-electron chi connectivity index (χ1n) is 4.31. The second-order valence-corrected chi connectivity index (χ2v) is 2.97. The molecule has 0 saturated carbocycles. The van der Waals surface area contributed by atoms with Crippen molar-refractivity contribution in [3.63, 3.8) is 0 Å². The molecule has 0 nitrogen and oxygen atoms in total. The highest BCUT2D eigenvalue weighted by Gasteiger charge is 2.32. The van der Waals surface area contributed by atoms with Gasteiger partial charge in [-0.2, -0.15) is 13.2 Å². The van der Waals surface area contributed by atoms with Gasteiger partial charge in [-0.25, -0.2) is 0 Å². The number of alkyl halides is 3. The van der Waals surface area contributed by atoms with Gasteiger partial charge in [0, 0.05) is 0 Å². The molecule has 0 heterocycles. The lowest BCUT2D eigenvalue weighted by Crippen LogP contribution is -2.08. The molecular weight excluding hydrogens is 189 g/mol. The van der Waals surface area contributed by atoms with Gasteiger partial charge in [0.05, 0.1) is 5.56 Å². The molecule has 1 rings (SSSR count). The maximum atomic E-state index is 12.5. The van der Waals surface area contributed by atoms with Crippen molar-refractivity contribution in [1.29, 1.82) is 0 Å². The average molecular weight is 200 g/mol. The average Bonchev–Trinajstić information content (AvgIpc) is 2.15. The van der Waals surface area contributed by atoms with Crippen LogP contribution >= 0.6 is 0 Å². The van der Waals surface area contributed by atoms with E-state index in [1.165, 1.54) is 12.1 Å². The summed E-state index contributed by atoms with van der Waals surface area (Å²) in [6, 6.07) is 4.27. The monoisotopic (exact) mass is 200 g/mol. The summed E-state index contributed by atoms with van der Waals surface area (Å²) in [7, 11) is 0. The highest BCUT2D eigenvalue weighted by atomic mass is 19.4. The van der Waals surface area contributed by atoms with Crippen molar-refractivity contribution in [3.8, 4) is 0 Å². The van der Waals surface area contributed by atoms with Crippen molar-refractivity contribution in [3.05, 3.63) is 41.5 Å². The Balaban J connectivity index is 3.29. The lowest BCUT2D eigenvalue weighted by Gasteiger charge is -2.12. The number of aryl methyl sites for hydroxylation is 1. The molecule has 0 unspecified atom stereocenters. The van der Waals surface area contributed by atoms with Gasteiger partial charge in [-0.15, -0.1) is 0 Å². The van der Waals surface area contributed by atoms with Gasteiger partial charge < -0.3 is 0 Å². The van der Waals surface area contributed by atoms with E-state index in [9.17, 15) is 13.2 Å². The van der Waals surface area contributed by atoms with Crippen molar-refractivity contribution >= 4 is 6.08 Å².